The highest BCUT2D eigenvalue weighted by Crippen LogP contribution is 2.34. The van der Waals surface area contributed by atoms with Crippen LogP contribution in [0.15, 0.2) is 69.1 Å². The average molecular weight is 395 g/mol. The van der Waals surface area contributed by atoms with E-state index in [1.807, 2.05) is 29.2 Å². The Morgan fingerprint density at radius 3 is 2.50 bits per heavy atom. The summed E-state index contributed by atoms with van der Waals surface area (Å²) in [5, 5.41) is 0.738. The summed E-state index contributed by atoms with van der Waals surface area (Å²) < 4.78 is 5.89. The molecule has 0 N–H and O–H groups in total. The van der Waals surface area contributed by atoms with E-state index in [0.717, 1.165) is 23.6 Å². The average Bonchev–Trinajstić information content (AvgIpc) is 3.17. The van der Waals surface area contributed by atoms with E-state index in [1.165, 1.54) is 16.0 Å². The number of rotatable bonds is 8. The van der Waals surface area contributed by atoms with Crippen molar-refractivity contribution >= 4 is 17.7 Å². The number of aryl methyl sites for hydroxylation is 2. The van der Waals surface area contributed by atoms with E-state index in [0.29, 0.717) is 18.8 Å². The summed E-state index contributed by atoms with van der Waals surface area (Å²) in [4.78, 5) is 20.3. The molecule has 3 aromatic rings. The molecule has 1 amide bonds. The Bertz CT molecular complexity index is 901. The first kappa shape index (κ1) is 20.2. The maximum atomic E-state index is 13.0. The van der Waals surface area contributed by atoms with E-state index >= 15 is 0 Å². The molecule has 0 saturated heterocycles. The lowest BCUT2D eigenvalue weighted by molar-refractivity contribution is 0.0719. The van der Waals surface area contributed by atoms with Gasteiger partial charge in [-0.2, -0.15) is 0 Å². The van der Waals surface area contributed by atoms with Gasteiger partial charge in [0, 0.05) is 36.3 Å². The first-order valence-electron chi connectivity index (χ1n) is 9.61. The molecule has 28 heavy (non-hydrogen) atoms. The minimum Gasteiger partial charge on any atom is -0.444 e. The molecule has 0 bridgehead atoms. The van der Waals surface area contributed by atoms with E-state index < -0.39 is 0 Å². The molecule has 0 unspecified atom stereocenters. The van der Waals surface area contributed by atoms with Crippen LogP contribution in [0, 0.1) is 13.8 Å². The number of pyridine rings is 1. The van der Waals surface area contributed by atoms with Crippen LogP contribution in [0.25, 0.3) is 0 Å². The Kier molecular flexibility index (Phi) is 6.93. The number of carbonyl (C=O) groups excluding carboxylic acids is 1. The van der Waals surface area contributed by atoms with Gasteiger partial charge in [-0.15, -0.1) is 0 Å². The first-order chi connectivity index (χ1) is 13.6. The molecular formula is C23H26N2O2S. The van der Waals surface area contributed by atoms with Crippen molar-refractivity contribution in [1.29, 1.82) is 0 Å². The lowest BCUT2D eigenvalue weighted by atomic mass is 10.2. The van der Waals surface area contributed by atoms with Crippen molar-refractivity contribution in [2.24, 2.45) is 0 Å². The van der Waals surface area contributed by atoms with Crippen LogP contribution in [0.1, 0.15) is 40.7 Å². The molecule has 5 heteroatoms. The maximum Gasteiger partial charge on any atom is 0.289 e. The van der Waals surface area contributed by atoms with Crippen molar-refractivity contribution in [3.63, 3.8) is 0 Å². The quantitative estimate of drug-likeness (QED) is 0.503. The topological polar surface area (TPSA) is 46.3 Å². The minimum absolute atomic E-state index is 0.0638. The highest BCUT2D eigenvalue weighted by molar-refractivity contribution is 7.99. The van der Waals surface area contributed by atoms with Gasteiger partial charge in [0.1, 0.15) is 0 Å². The van der Waals surface area contributed by atoms with Gasteiger partial charge in [-0.3, -0.25) is 9.78 Å². The normalized spacial score (nSPS) is 10.8. The van der Waals surface area contributed by atoms with Gasteiger partial charge < -0.3 is 9.32 Å². The van der Waals surface area contributed by atoms with Crippen LogP contribution in [-0.2, 0) is 6.42 Å². The molecule has 4 nitrogen and oxygen atoms in total. The summed E-state index contributed by atoms with van der Waals surface area (Å²) in [5.74, 6) is 0.328. The van der Waals surface area contributed by atoms with Crippen molar-refractivity contribution < 1.29 is 9.21 Å². The van der Waals surface area contributed by atoms with Gasteiger partial charge in [-0.1, -0.05) is 43.0 Å². The molecule has 2 heterocycles. The smallest absolute Gasteiger partial charge is 0.289 e. The molecular weight excluding hydrogens is 368 g/mol. The summed E-state index contributed by atoms with van der Waals surface area (Å²) >= 11 is 1.57. The van der Waals surface area contributed by atoms with Gasteiger partial charge in [0.2, 0.25) is 0 Å². The van der Waals surface area contributed by atoms with E-state index in [4.69, 9.17) is 4.42 Å². The molecule has 0 aliphatic carbocycles. The van der Waals surface area contributed by atoms with Crippen molar-refractivity contribution in [3.8, 4) is 0 Å². The standard InChI is InChI=1S/C23H26N2O2S/c1-4-15-25(16-13-19-10-5-6-14-24-19)23(26)20-11-12-21(27-20)28-22-17(2)8-7-9-18(22)3/h5-12,14H,4,13,15-16H2,1-3H3. The number of aromatic nitrogens is 1. The molecule has 0 aliphatic heterocycles. The molecule has 0 spiro atoms. The number of amides is 1. The molecule has 0 fully saturated rings. The first-order valence-corrected chi connectivity index (χ1v) is 10.4. The Balaban J connectivity index is 1.70. The van der Waals surface area contributed by atoms with Crippen LogP contribution in [0.5, 0.6) is 0 Å². The van der Waals surface area contributed by atoms with E-state index in [1.54, 1.807) is 24.0 Å². The van der Waals surface area contributed by atoms with E-state index in [9.17, 15) is 4.79 Å². The zero-order chi connectivity index (χ0) is 19.9. The fourth-order valence-corrected chi connectivity index (χ4v) is 4.01. The third-order valence-electron chi connectivity index (χ3n) is 4.55. The second-order valence-electron chi connectivity index (χ2n) is 6.80. The second kappa shape index (κ2) is 9.60. The maximum absolute atomic E-state index is 13.0. The predicted molar refractivity (Wildman–Crippen MR) is 113 cm³/mol. The summed E-state index contributed by atoms with van der Waals surface area (Å²) in [6, 6.07) is 15.7. The van der Waals surface area contributed by atoms with Crippen LogP contribution in [0.2, 0.25) is 0 Å². The van der Waals surface area contributed by atoms with Gasteiger partial charge in [-0.25, -0.2) is 0 Å². The highest BCUT2D eigenvalue weighted by atomic mass is 32.2. The van der Waals surface area contributed by atoms with Gasteiger partial charge in [-0.05, 0) is 55.7 Å². The Labute approximate surface area is 171 Å². The molecule has 1 aromatic carbocycles. The van der Waals surface area contributed by atoms with Crippen LogP contribution < -0.4 is 0 Å². The molecule has 0 aliphatic rings. The zero-order valence-electron chi connectivity index (χ0n) is 16.6. The Hall–Kier alpha value is -2.53. The van der Waals surface area contributed by atoms with E-state index in [-0.39, 0.29) is 5.91 Å². The van der Waals surface area contributed by atoms with Crippen LogP contribution in [-0.4, -0.2) is 28.9 Å². The van der Waals surface area contributed by atoms with Crippen molar-refractivity contribution in [2.75, 3.05) is 13.1 Å². The molecule has 0 atom stereocenters. The fraction of sp³-hybridized carbons (Fsp3) is 0.304. The van der Waals surface area contributed by atoms with Crippen LogP contribution >= 0.6 is 11.8 Å². The Morgan fingerprint density at radius 2 is 1.82 bits per heavy atom. The second-order valence-corrected chi connectivity index (χ2v) is 7.82. The summed E-state index contributed by atoms with van der Waals surface area (Å²) in [7, 11) is 0. The van der Waals surface area contributed by atoms with E-state index in [2.05, 4.69) is 44.0 Å². The number of furan rings is 1. The Morgan fingerprint density at radius 1 is 1.04 bits per heavy atom. The number of carbonyl (C=O) groups is 1. The minimum atomic E-state index is -0.0638. The van der Waals surface area contributed by atoms with Crippen LogP contribution in [0.4, 0.5) is 0 Å². The number of hydrogen-bond acceptors (Lipinski definition) is 4. The van der Waals surface area contributed by atoms with Crippen molar-refractivity contribution in [3.05, 3.63) is 77.3 Å². The van der Waals surface area contributed by atoms with Gasteiger partial charge >= 0.3 is 0 Å². The zero-order valence-corrected chi connectivity index (χ0v) is 17.5. The monoisotopic (exact) mass is 394 g/mol. The molecule has 3 rings (SSSR count). The molecule has 146 valence electrons. The number of benzene rings is 1. The third kappa shape index (κ3) is 5.04. The SMILES string of the molecule is CCCN(CCc1ccccn1)C(=O)c1ccc(Sc2c(C)cccc2C)o1. The van der Waals surface area contributed by atoms with Crippen molar-refractivity contribution in [2.45, 2.75) is 43.6 Å². The van der Waals surface area contributed by atoms with Gasteiger partial charge in [0.25, 0.3) is 5.91 Å². The molecule has 0 radical (unpaired) electrons. The molecule has 0 saturated carbocycles. The van der Waals surface area contributed by atoms with Gasteiger partial charge in [0.05, 0.1) is 0 Å². The van der Waals surface area contributed by atoms with Crippen molar-refractivity contribution in [1.82, 2.24) is 9.88 Å². The predicted octanol–water partition coefficient (Wildman–Crippen LogP) is 5.54. The van der Waals surface area contributed by atoms with Gasteiger partial charge in [0.15, 0.2) is 10.9 Å². The number of nitrogens with zero attached hydrogens (tertiary/aromatic N) is 2. The lowest BCUT2D eigenvalue weighted by Crippen LogP contribution is -2.33. The molecule has 2 aromatic heterocycles. The lowest BCUT2D eigenvalue weighted by Gasteiger charge is -2.20. The highest BCUT2D eigenvalue weighted by Gasteiger charge is 2.19. The van der Waals surface area contributed by atoms with Crippen LogP contribution in [0.3, 0.4) is 0 Å². The fourth-order valence-electron chi connectivity index (χ4n) is 3.09. The number of hydrogen-bond donors (Lipinski definition) is 0. The summed E-state index contributed by atoms with van der Waals surface area (Å²) in [6.45, 7) is 7.58. The third-order valence-corrected chi connectivity index (χ3v) is 5.82. The summed E-state index contributed by atoms with van der Waals surface area (Å²) in [6.07, 6.45) is 3.42. The summed E-state index contributed by atoms with van der Waals surface area (Å²) in [5.41, 5.74) is 3.40. The largest absolute Gasteiger partial charge is 0.444 e.